The fourth-order valence-corrected chi connectivity index (χ4v) is 16.3. The number of rotatable bonds is 12. The van der Waals surface area contributed by atoms with Gasteiger partial charge in [0, 0.05) is 125 Å². The van der Waals surface area contributed by atoms with Crippen molar-refractivity contribution in [3.05, 3.63) is 395 Å². The van der Waals surface area contributed by atoms with E-state index in [0.717, 1.165) is 151 Å². The largest absolute Gasteiger partial charge is 0.309 e. The molecule has 0 amide bonds. The summed E-state index contributed by atoms with van der Waals surface area (Å²) in [6, 6.07) is 126. The fourth-order valence-electron chi connectivity index (χ4n) is 16.3. The highest BCUT2D eigenvalue weighted by atomic mass is 15.1. The zero-order valence-corrected chi connectivity index (χ0v) is 60.4. The summed E-state index contributed by atoms with van der Waals surface area (Å²) in [6.45, 7) is 0. The van der Waals surface area contributed by atoms with Crippen molar-refractivity contribution in [2.45, 2.75) is 0 Å². The van der Waals surface area contributed by atoms with Gasteiger partial charge in [-0.15, -0.1) is 0 Å². The van der Waals surface area contributed by atoms with Crippen molar-refractivity contribution in [1.82, 2.24) is 53.2 Å². The second kappa shape index (κ2) is 27.5. The first kappa shape index (κ1) is 65.0. The van der Waals surface area contributed by atoms with E-state index in [1.165, 1.54) is 49.0 Å². The zero-order valence-electron chi connectivity index (χ0n) is 60.4. The fraction of sp³-hybridized carbons (Fsp3) is 0. The highest BCUT2D eigenvalue weighted by Gasteiger charge is 2.22. The van der Waals surface area contributed by atoms with E-state index >= 15 is 0 Å². The number of para-hydroxylation sites is 6. The number of hydrogen-bond donors (Lipinski definition) is 0. The molecule has 0 bridgehead atoms. The molecular formula is C101H65N11. The third kappa shape index (κ3) is 11.5. The summed E-state index contributed by atoms with van der Waals surface area (Å²) in [4.78, 5) is 34.0. The SMILES string of the molecule is c1ccc(-n2c3ccccc3c3cc(-c4cnc5c(c4)c4ccccc4n5-c4cccc(-c5cc(-c6ccccn6)cc(-c6ccccn6)c5)c4)ccc32)cc1.c1ccc(-n2c3ccccc3c3cc(-c4cnc5c(c4)c4ccccc4n5-c4cccc(-c5cc(-c6ccccn6)nc(-c6ccccn6)c5)c4)ccc32)cc1. The highest BCUT2D eigenvalue weighted by molar-refractivity contribution is 6.14. The van der Waals surface area contributed by atoms with Gasteiger partial charge in [0.15, 0.2) is 0 Å². The van der Waals surface area contributed by atoms with Gasteiger partial charge in [-0.1, -0.05) is 170 Å². The molecule has 0 spiro atoms. The standard InChI is InChI=1S/C51H33N5.C50H32N6/c1-2-14-40(15-3-1)55-48-21-6-4-17-42(48)44-31-35(23-24-50(44)55)39-32-45-43-18-5-7-22-49(43)56(51(45)54-33-39)41-16-12-13-34(30-41)36-27-37(46-19-8-10-25-52-46)29-38(28-36)47-20-9-11-26-53-47;1-2-14-37(15-3-1)55-47-21-6-4-17-39(47)41-28-34(23-24-49(41)55)36-29-42-40-18-5-7-22-48(40)56(50(42)53-32-36)38-16-12-13-33(27-38)35-30-45(43-19-8-10-25-51-43)54-46(31-35)44-20-9-11-26-52-44/h1-33H;1-32H. The molecular weight excluding hydrogens is 1370 g/mol. The van der Waals surface area contributed by atoms with Crippen LogP contribution in [0.25, 0.3) is 200 Å². The van der Waals surface area contributed by atoms with Gasteiger partial charge < -0.3 is 9.13 Å². The van der Waals surface area contributed by atoms with Gasteiger partial charge in [0.05, 0.1) is 67.3 Å². The average Bonchev–Trinajstić information content (AvgIpc) is 1.59. The molecule has 11 heterocycles. The Balaban J connectivity index is 0.000000141. The molecule has 0 saturated heterocycles. The van der Waals surface area contributed by atoms with Crippen molar-refractivity contribution in [3.63, 3.8) is 0 Å². The van der Waals surface area contributed by atoms with E-state index < -0.39 is 0 Å². The maximum atomic E-state index is 5.22. The number of hydrogen-bond acceptors (Lipinski definition) is 7. The lowest BCUT2D eigenvalue weighted by molar-refractivity contribution is 1.14. The Morgan fingerprint density at radius 3 is 0.893 bits per heavy atom. The number of benzene rings is 11. The summed E-state index contributed by atoms with van der Waals surface area (Å²) >= 11 is 0. The van der Waals surface area contributed by atoms with E-state index in [9.17, 15) is 0 Å². The van der Waals surface area contributed by atoms with Crippen molar-refractivity contribution >= 4 is 87.5 Å². The van der Waals surface area contributed by atoms with E-state index in [1.807, 2.05) is 85.5 Å². The summed E-state index contributed by atoms with van der Waals surface area (Å²) in [5.74, 6) is 0. The predicted octanol–water partition coefficient (Wildman–Crippen LogP) is 24.9. The van der Waals surface area contributed by atoms with Crippen LogP contribution in [-0.4, -0.2) is 53.2 Å². The molecule has 0 aliphatic rings. The molecule has 22 rings (SSSR count). The van der Waals surface area contributed by atoms with E-state index in [2.05, 4.69) is 335 Å². The molecule has 0 unspecified atom stereocenters. The van der Waals surface area contributed by atoms with Crippen LogP contribution in [0.1, 0.15) is 0 Å². The molecule has 0 N–H and O–H groups in total. The lowest BCUT2D eigenvalue weighted by atomic mass is 9.96. The van der Waals surface area contributed by atoms with Gasteiger partial charge >= 0.3 is 0 Å². The molecule has 524 valence electrons. The van der Waals surface area contributed by atoms with E-state index in [4.69, 9.17) is 15.0 Å². The number of aromatic nitrogens is 11. The third-order valence-corrected chi connectivity index (χ3v) is 21.5. The van der Waals surface area contributed by atoms with Gasteiger partial charge in [-0.3, -0.25) is 29.1 Å². The molecule has 22 aromatic rings. The maximum Gasteiger partial charge on any atom is 0.145 e. The molecule has 11 aromatic carbocycles. The second-order valence-electron chi connectivity index (χ2n) is 28.1. The van der Waals surface area contributed by atoms with Gasteiger partial charge in [-0.25, -0.2) is 15.0 Å². The summed E-state index contributed by atoms with van der Waals surface area (Å²) in [5, 5.41) is 9.44. The maximum absolute atomic E-state index is 5.22. The summed E-state index contributed by atoms with van der Waals surface area (Å²) in [6.07, 6.45) is 11.3. The van der Waals surface area contributed by atoms with Crippen LogP contribution in [-0.2, 0) is 0 Å². The first-order valence-corrected chi connectivity index (χ1v) is 37.5. The third-order valence-electron chi connectivity index (χ3n) is 21.5. The van der Waals surface area contributed by atoms with Crippen molar-refractivity contribution in [3.8, 4) is 113 Å². The molecule has 11 aromatic heterocycles. The predicted molar refractivity (Wildman–Crippen MR) is 458 cm³/mol. The summed E-state index contributed by atoms with van der Waals surface area (Å²) < 4.78 is 9.26. The molecule has 0 aliphatic heterocycles. The minimum absolute atomic E-state index is 0.794. The molecule has 11 heteroatoms. The van der Waals surface area contributed by atoms with Gasteiger partial charge in [-0.05, 0) is 221 Å². The minimum Gasteiger partial charge on any atom is -0.309 e. The van der Waals surface area contributed by atoms with Gasteiger partial charge in [-0.2, -0.15) is 0 Å². The van der Waals surface area contributed by atoms with Gasteiger partial charge in [0.1, 0.15) is 11.3 Å². The Morgan fingerprint density at radius 2 is 0.482 bits per heavy atom. The van der Waals surface area contributed by atoms with Crippen molar-refractivity contribution < 1.29 is 0 Å². The number of nitrogens with zero attached hydrogens (tertiary/aromatic N) is 11. The Bertz CT molecular complexity index is 6800. The lowest BCUT2D eigenvalue weighted by Gasteiger charge is -2.13. The minimum atomic E-state index is 0.794. The van der Waals surface area contributed by atoms with Crippen LogP contribution in [0.3, 0.4) is 0 Å². The van der Waals surface area contributed by atoms with Crippen LogP contribution in [0.15, 0.2) is 395 Å². The molecule has 112 heavy (non-hydrogen) atoms. The lowest BCUT2D eigenvalue weighted by Crippen LogP contribution is -1.97. The number of fused-ring (bicyclic) bond motifs is 12. The second-order valence-corrected chi connectivity index (χ2v) is 28.1. The van der Waals surface area contributed by atoms with Crippen molar-refractivity contribution in [1.29, 1.82) is 0 Å². The first-order chi connectivity index (χ1) is 55.5. The molecule has 0 aliphatic carbocycles. The van der Waals surface area contributed by atoms with E-state index in [0.29, 0.717) is 0 Å². The summed E-state index contributed by atoms with van der Waals surface area (Å²) in [5.41, 5.74) is 29.0. The molecule has 0 atom stereocenters. The van der Waals surface area contributed by atoms with Crippen LogP contribution >= 0.6 is 0 Å². The molecule has 0 fully saturated rings. The van der Waals surface area contributed by atoms with Crippen LogP contribution in [0.4, 0.5) is 0 Å². The van der Waals surface area contributed by atoms with E-state index in [1.54, 1.807) is 12.4 Å². The Labute approximate surface area is 644 Å². The molecule has 0 radical (unpaired) electrons. The zero-order chi connectivity index (χ0) is 74.0. The Morgan fingerprint density at radius 1 is 0.161 bits per heavy atom. The molecule has 11 nitrogen and oxygen atoms in total. The quantitative estimate of drug-likeness (QED) is 0.120. The van der Waals surface area contributed by atoms with Crippen molar-refractivity contribution in [2.24, 2.45) is 0 Å². The summed E-state index contributed by atoms with van der Waals surface area (Å²) in [7, 11) is 0. The van der Waals surface area contributed by atoms with Gasteiger partial charge in [0.25, 0.3) is 0 Å². The Hall–Kier alpha value is -15.3. The first-order valence-electron chi connectivity index (χ1n) is 37.5. The highest BCUT2D eigenvalue weighted by Crippen LogP contribution is 2.43. The topological polar surface area (TPSA) is 110 Å². The van der Waals surface area contributed by atoms with Gasteiger partial charge in [0.2, 0.25) is 0 Å². The van der Waals surface area contributed by atoms with E-state index in [-0.39, 0.29) is 0 Å². The molecule has 0 saturated carbocycles. The monoisotopic (exact) mass is 1430 g/mol. The van der Waals surface area contributed by atoms with Crippen molar-refractivity contribution in [2.75, 3.05) is 0 Å². The smallest absolute Gasteiger partial charge is 0.145 e. The average molecular weight is 1430 g/mol. The normalized spacial score (nSPS) is 11.6. The van der Waals surface area contributed by atoms with Crippen LogP contribution < -0.4 is 0 Å². The van der Waals surface area contributed by atoms with Crippen LogP contribution in [0.2, 0.25) is 0 Å². The van der Waals surface area contributed by atoms with Crippen LogP contribution in [0.5, 0.6) is 0 Å². The Kier molecular flexibility index (Phi) is 15.9. The number of pyridine rings is 7. The van der Waals surface area contributed by atoms with Crippen LogP contribution in [0, 0.1) is 0 Å².